The number of aryl methyl sites for hydroxylation is 1. The molecule has 21 heavy (non-hydrogen) atoms. The summed E-state index contributed by atoms with van der Waals surface area (Å²) in [5.74, 6) is 1.20. The van der Waals surface area contributed by atoms with Gasteiger partial charge in [0, 0.05) is 12.3 Å². The van der Waals surface area contributed by atoms with Crippen LogP contribution in [0.5, 0.6) is 5.75 Å². The molecule has 2 aliphatic rings. The molecule has 0 aromatic heterocycles. The van der Waals surface area contributed by atoms with Gasteiger partial charge < -0.3 is 9.84 Å². The summed E-state index contributed by atoms with van der Waals surface area (Å²) in [6.45, 7) is 0.765. The lowest BCUT2D eigenvalue weighted by Gasteiger charge is -2.29. The largest absolute Gasteiger partial charge is 0.493 e. The van der Waals surface area contributed by atoms with Gasteiger partial charge in [0.15, 0.2) is 0 Å². The Morgan fingerprint density at radius 2 is 1.95 bits per heavy atom. The summed E-state index contributed by atoms with van der Waals surface area (Å²) < 4.78 is 5.55. The Hall–Kier alpha value is -1.80. The van der Waals surface area contributed by atoms with E-state index in [0.717, 1.165) is 43.6 Å². The lowest BCUT2D eigenvalue weighted by Crippen LogP contribution is -2.17. The van der Waals surface area contributed by atoms with Crippen LogP contribution in [0.25, 0.3) is 0 Å². The Morgan fingerprint density at radius 1 is 1.05 bits per heavy atom. The molecule has 2 unspecified atom stereocenters. The van der Waals surface area contributed by atoms with Crippen molar-refractivity contribution in [1.29, 1.82) is 0 Å². The molecule has 108 valence electrons. The van der Waals surface area contributed by atoms with E-state index in [9.17, 15) is 5.11 Å². The van der Waals surface area contributed by atoms with E-state index < -0.39 is 6.10 Å². The van der Waals surface area contributed by atoms with Crippen LogP contribution >= 0.6 is 0 Å². The van der Waals surface area contributed by atoms with Crippen molar-refractivity contribution in [2.75, 3.05) is 6.61 Å². The molecule has 1 heterocycles. The number of aliphatic hydroxyl groups is 1. The van der Waals surface area contributed by atoms with Crippen molar-refractivity contribution in [1.82, 2.24) is 0 Å². The number of benzene rings is 2. The Labute approximate surface area is 125 Å². The number of ether oxygens (including phenoxy) is 1. The van der Waals surface area contributed by atoms with E-state index in [1.54, 1.807) is 0 Å². The molecule has 2 heteroatoms. The highest BCUT2D eigenvalue weighted by Crippen LogP contribution is 2.41. The fourth-order valence-electron chi connectivity index (χ4n) is 3.74. The quantitative estimate of drug-likeness (QED) is 0.907. The van der Waals surface area contributed by atoms with E-state index in [4.69, 9.17) is 4.74 Å². The van der Waals surface area contributed by atoms with Gasteiger partial charge >= 0.3 is 0 Å². The van der Waals surface area contributed by atoms with Crippen molar-refractivity contribution < 1.29 is 9.84 Å². The third-order valence-corrected chi connectivity index (χ3v) is 4.85. The molecule has 0 bridgehead atoms. The summed E-state index contributed by atoms with van der Waals surface area (Å²) in [6, 6.07) is 14.7. The van der Waals surface area contributed by atoms with E-state index in [-0.39, 0.29) is 5.92 Å². The van der Waals surface area contributed by atoms with Crippen LogP contribution in [0, 0.1) is 0 Å². The number of hydrogen-bond donors (Lipinski definition) is 1. The second-order valence-corrected chi connectivity index (χ2v) is 6.11. The maximum atomic E-state index is 10.9. The van der Waals surface area contributed by atoms with Crippen LogP contribution in [-0.4, -0.2) is 11.7 Å². The summed E-state index contributed by atoms with van der Waals surface area (Å²) in [7, 11) is 0. The van der Waals surface area contributed by atoms with Gasteiger partial charge in [0.1, 0.15) is 5.75 Å². The monoisotopic (exact) mass is 280 g/mol. The minimum absolute atomic E-state index is 0.218. The second kappa shape index (κ2) is 5.19. The molecule has 1 aliphatic carbocycles. The molecular weight excluding hydrogens is 260 g/mol. The third kappa shape index (κ3) is 2.24. The van der Waals surface area contributed by atoms with Crippen LogP contribution in [0.1, 0.15) is 47.1 Å². The first-order valence-corrected chi connectivity index (χ1v) is 7.84. The molecule has 0 amide bonds. The first-order chi connectivity index (χ1) is 10.3. The molecule has 0 saturated carbocycles. The van der Waals surface area contributed by atoms with E-state index >= 15 is 0 Å². The fourth-order valence-corrected chi connectivity index (χ4v) is 3.74. The highest BCUT2D eigenvalue weighted by atomic mass is 16.5. The predicted octanol–water partition coefficient (Wildman–Crippen LogP) is 3.78. The lowest BCUT2D eigenvalue weighted by molar-refractivity contribution is 0.136. The standard InChI is InChI=1S/C19H20O2/c20-19(15-8-9-18-14(12-15)10-11-21-18)17-7-3-5-13-4-1-2-6-16(13)17/h1-2,4,6,8-9,12,17,19-20H,3,5,7,10-11H2. The number of rotatable bonds is 2. The van der Waals surface area contributed by atoms with Crippen molar-refractivity contribution in [3.63, 3.8) is 0 Å². The molecule has 2 nitrogen and oxygen atoms in total. The van der Waals surface area contributed by atoms with Gasteiger partial charge in [-0.1, -0.05) is 30.3 Å². The highest BCUT2D eigenvalue weighted by Gasteiger charge is 2.28. The van der Waals surface area contributed by atoms with Crippen LogP contribution < -0.4 is 4.74 Å². The average Bonchev–Trinajstić information content (AvgIpc) is 3.01. The van der Waals surface area contributed by atoms with Crippen LogP contribution in [0.4, 0.5) is 0 Å². The Balaban J connectivity index is 1.68. The molecule has 0 radical (unpaired) electrons. The zero-order valence-electron chi connectivity index (χ0n) is 12.1. The van der Waals surface area contributed by atoms with Gasteiger partial charge in [-0.3, -0.25) is 0 Å². The average molecular weight is 280 g/mol. The van der Waals surface area contributed by atoms with E-state index in [2.05, 4.69) is 30.3 Å². The normalized spacial score (nSPS) is 21.3. The molecule has 4 rings (SSSR count). The molecule has 1 N–H and O–H groups in total. The van der Waals surface area contributed by atoms with Gasteiger partial charge in [0.05, 0.1) is 12.7 Å². The summed E-state index contributed by atoms with van der Waals surface area (Å²) in [5, 5.41) is 10.9. The van der Waals surface area contributed by atoms with Gasteiger partial charge in [-0.2, -0.15) is 0 Å². The molecule has 2 aromatic rings. The van der Waals surface area contributed by atoms with Crippen molar-refractivity contribution in [2.45, 2.75) is 37.7 Å². The van der Waals surface area contributed by atoms with Gasteiger partial charge in [0.25, 0.3) is 0 Å². The number of fused-ring (bicyclic) bond motifs is 2. The second-order valence-electron chi connectivity index (χ2n) is 6.11. The number of hydrogen-bond acceptors (Lipinski definition) is 2. The van der Waals surface area contributed by atoms with Crippen molar-refractivity contribution in [3.8, 4) is 5.75 Å². The maximum Gasteiger partial charge on any atom is 0.122 e. The smallest absolute Gasteiger partial charge is 0.122 e. The molecule has 0 fully saturated rings. The number of aliphatic hydroxyl groups excluding tert-OH is 1. The SMILES string of the molecule is OC(c1ccc2c(c1)CCO2)C1CCCc2ccccc21. The zero-order valence-corrected chi connectivity index (χ0v) is 12.1. The third-order valence-electron chi connectivity index (χ3n) is 4.85. The van der Waals surface area contributed by atoms with Crippen LogP contribution in [0.2, 0.25) is 0 Å². The minimum Gasteiger partial charge on any atom is -0.493 e. The van der Waals surface area contributed by atoms with Crippen LogP contribution in [0.15, 0.2) is 42.5 Å². The first-order valence-electron chi connectivity index (χ1n) is 7.84. The zero-order chi connectivity index (χ0) is 14.2. The van der Waals surface area contributed by atoms with E-state index in [1.807, 2.05) is 12.1 Å². The molecular formula is C19H20O2. The Kier molecular flexibility index (Phi) is 3.19. The molecule has 2 aromatic carbocycles. The summed E-state index contributed by atoms with van der Waals surface area (Å²) in [4.78, 5) is 0. The Morgan fingerprint density at radius 3 is 2.90 bits per heavy atom. The molecule has 2 atom stereocenters. The topological polar surface area (TPSA) is 29.5 Å². The predicted molar refractivity (Wildman–Crippen MR) is 82.7 cm³/mol. The van der Waals surface area contributed by atoms with E-state index in [0.29, 0.717) is 0 Å². The summed E-state index contributed by atoms with van der Waals surface area (Å²) >= 11 is 0. The molecule has 0 spiro atoms. The van der Waals surface area contributed by atoms with Crippen molar-refractivity contribution >= 4 is 0 Å². The Bertz CT molecular complexity index is 662. The van der Waals surface area contributed by atoms with Gasteiger partial charge in [-0.15, -0.1) is 0 Å². The van der Waals surface area contributed by atoms with Crippen LogP contribution in [-0.2, 0) is 12.8 Å². The van der Waals surface area contributed by atoms with Crippen LogP contribution in [0.3, 0.4) is 0 Å². The molecule has 1 aliphatic heterocycles. The van der Waals surface area contributed by atoms with Gasteiger partial charge in [0.2, 0.25) is 0 Å². The lowest BCUT2D eigenvalue weighted by atomic mass is 9.78. The summed E-state index contributed by atoms with van der Waals surface area (Å²) in [5.41, 5.74) is 4.99. The van der Waals surface area contributed by atoms with Crippen molar-refractivity contribution in [3.05, 3.63) is 64.7 Å². The van der Waals surface area contributed by atoms with E-state index in [1.165, 1.54) is 16.7 Å². The van der Waals surface area contributed by atoms with Gasteiger partial charge in [-0.25, -0.2) is 0 Å². The van der Waals surface area contributed by atoms with Gasteiger partial charge in [-0.05, 0) is 53.6 Å². The van der Waals surface area contributed by atoms with Crippen molar-refractivity contribution in [2.24, 2.45) is 0 Å². The minimum atomic E-state index is -0.419. The highest BCUT2D eigenvalue weighted by molar-refractivity contribution is 5.42. The molecule has 0 saturated heterocycles. The maximum absolute atomic E-state index is 10.9. The first kappa shape index (κ1) is 12.9. The summed E-state index contributed by atoms with van der Waals surface area (Å²) in [6.07, 6.45) is 3.89. The fraction of sp³-hybridized carbons (Fsp3) is 0.368.